The minimum Gasteiger partial charge on any atom is -0.462 e. The van der Waals surface area contributed by atoms with Crippen molar-refractivity contribution in [1.82, 2.24) is 0 Å². The van der Waals surface area contributed by atoms with E-state index < -0.39 is 51.8 Å². The van der Waals surface area contributed by atoms with Crippen LogP contribution in [0, 0.1) is 0 Å². The van der Waals surface area contributed by atoms with Crippen molar-refractivity contribution in [3.8, 4) is 0 Å². The Balaban J connectivity index is 4.23. The highest BCUT2D eigenvalue weighted by Crippen LogP contribution is 2.43. The van der Waals surface area contributed by atoms with Crippen molar-refractivity contribution in [2.45, 2.75) is 238 Å². The molecule has 0 spiro atoms. The number of carbonyl (C=O) groups excluding carboxylic acids is 2. The molecule has 0 radical (unpaired) electrons. The third kappa shape index (κ3) is 45.9. The Kier molecular flexibility index (Phi) is 45.3. The molecule has 3 N–H and O–H groups in total. The minimum atomic E-state index is -4.63. The van der Waals surface area contributed by atoms with E-state index in [0.29, 0.717) is 19.3 Å². The van der Waals surface area contributed by atoms with Crippen molar-refractivity contribution < 1.29 is 47.8 Å². The summed E-state index contributed by atoms with van der Waals surface area (Å²) in [5.74, 6) is -0.983. The fourth-order valence-electron chi connectivity index (χ4n) is 6.87. The van der Waals surface area contributed by atoms with Crippen LogP contribution in [0.5, 0.6) is 0 Å². The second-order valence-corrected chi connectivity index (χ2v) is 18.3. The quantitative estimate of drug-likeness (QED) is 0.0233. The first kappa shape index (κ1) is 59.9. The van der Waals surface area contributed by atoms with Crippen molar-refractivity contribution in [2.75, 3.05) is 26.4 Å². The standard InChI is InChI=1S/C51H93O10P/c1-3-5-7-9-11-13-15-17-19-21-22-23-24-25-27-29-31-33-35-37-39-41-43-51(55)61-49(47-60-62(56,57)59-45-48(53)44-52)46-58-50(54)42-40-38-36-34-32-30-28-26-20-18-16-14-12-10-8-6-4-2/h12,14,18,20,28,30,34,36,48-49,52-53H,3-11,13,15-17,19,21-27,29,31-33,35,37-47H2,1-2H3,(H,56,57)/b14-12+,20-18+,30-28+,36-34+/t48-,49+/m0/s1. The molecule has 62 heavy (non-hydrogen) atoms. The number of hydrogen-bond donors (Lipinski definition) is 3. The van der Waals surface area contributed by atoms with E-state index in [1.165, 1.54) is 135 Å². The summed E-state index contributed by atoms with van der Waals surface area (Å²) in [5, 5.41) is 18.4. The molecule has 0 fully saturated rings. The van der Waals surface area contributed by atoms with E-state index in [-0.39, 0.29) is 19.4 Å². The van der Waals surface area contributed by atoms with Crippen LogP contribution >= 0.6 is 7.82 Å². The lowest BCUT2D eigenvalue weighted by Gasteiger charge is -2.20. The average molecular weight is 897 g/mol. The number of hydrogen-bond acceptors (Lipinski definition) is 9. The Hall–Kier alpha value is -2.07. The fraction of sp³-hybridized carbons (Fsp3) is 0.804. The number of carbonyl (C=O) groups is 2. The lowest BCUT2D eigenvalue weighted by molar-refractivity contribution is -0.161. The largest absolute Gasteiger partial charge is 0.472 e. The number of unbranched alkanes of at least 4 members (excludes halogenated alkanes) is 25. The monoisotopic (exact) mass is 897 g/mol. The summed E-state index contributed by atoms with van der Waals surface area (Å²) in [6.45, 7) is 2.33. The van der Waals surface area contributed by atoms with Gasteiger partial charge in [-0.2, -0.15) is 0 Å². The van der Waals surface area contributed by atoms with Crippen molar-refractivity contribution >= 4 is 19.8 Å². The summed E-state index contributed by atoms with van der Waals surface area (Å²) in [4.78, 5) is 35.1. The number of aliphatic hydroxyl groups is 2. The van der Waals surface area contributed by atoms with Gasteiger partial charge in [-0.1, -0.05) is 210 Å². The van der Waals surface area contributed by atoms with Gasteiger partial charge in [0.25, 0.3) is 0 Å². The molecule has 1 unspecified atom stereocenters. The van der Waals surface area contributed by atoms with E-state index in [2.05, 4.69) is 56.4 Å². The molecule has 0 saturated heterocycles. The first-order chi connectivity index (χ1) is 30.2. The molecule has 0 amide bonds. The van der Waals surface area contributed by atoms with Gasteiger partial charge in [0.1, 0.15) is 12.7 Å². The number of esters is 2. The van der Waals surface area contributed by atoms with Crippen LogP contribution in [-0.4, -0.2) is 65.7 Å². The molecule has 0 bridgehead atoms. The highest BCUT2D eigenvalue weighted by Gasteiger charge is 2.27. The average Bonchev–Trinajstić information content (AvgIpc) is 3.26. The lowest BCUT2D eigenvalue weighted by atomic mass is 10.0. The van der Waals surface area contributed by atoms with Crippen LogP contribution < -0.4 is 0 Å². The molecule has 0 aromatic heterocycles. The molecule has 0 saturated carbocycles. The molecule has 3 atom stereocenters. The van der Waals surface area contributed by atoms with Crippen molar-refractivity contribution in [3.63, 3.8) is 0 Å². The van der Waals surface area contributed by atoms with E-state index in [1.54, 1.807) is 0 Å². The zero-order valence-corrected chi connectivity index (χ0v) is 40.5. The van der Waals surface area contributed by atoms with Gasteiger partial charge in [0.15, 0.2) is 6.10 Å². The van der Waals surface area contributed by atoms with Gasteiger partial charge in [0, 0.05) is 12.8 Å². The maximum Gasteiger partial charge on any atom is 0.472 e. The maximum absolute atomic E-state index is 12.7. The predicted molar refractivity (Wildman–Crippen MR) is 256 cm³/mol. The smallest absolute Gasteiger partial charge is 0.462 e. The van der Waals surface area contributed by atoms with Gasteiger partial charge in [-0.3, -0.25) is 18.6 Å². The summed E-state index contributed by atoms with van der Waals surface area (Å²) in [5.41, 5.74) is 0. The lowest BCUT2D eigenvalue weighted by Crippen LogP contribution is -2.29. The molecule has 0 aliphatic carbocycles. The summed E-state index contributed by atoms with van der Waals surface area (Å²) >= 11 is 0. The SMILES string of the molecule is CCCCC/C=C/C/C=C/C/C=C/C/C=C/CCCC(=O)OC[C@H](COP(=O)(O)OC[C@@H](O)CO)OC(=O)CCCCCCCCCCCCCCCCCCCCCCCC. The Morgan fingerprint density at radius 1 is 0.484 bits per heavy atom. The second-order valence-electron chi connectivity index (χ2n) is 16.8. The predicted octanol–water partition coefficient (Wildman–Crippen LogP) is 14.1. The third-order valence-electron chi connectivity index (χ3n) is 10.7. The Morgan fingerprint density at radius 3 is 1.31 bits per heavy atom. The van der Waals surface area contributed by atoms with Gasteiger partial charge in [0.2, 0.25) is 0 Å². The van der Waals surface area contributed by atoms with Crippen molar-refractivity contribution in [3.05, 3.63) is 48.6 Å². The number of rotatable bonds is 47. The molecule has 0 aromatic rings. The van der Waals surface area contributed by atoms with E-state index >= 15 is 0 Å². The van der Waals surface area contributed by atoms with Crippen LogP contribution in [0.25, 0.3) is 0 Å². The Morgan fingerprint density at radius 2 is 0.855 bits per heavy atom. The molecular formula is C51H93O10P. The van der Waals surface area contributed by atoms with E-state index in [0.717, 1.165) is 44.9 Å². The van der Waals surface area contributed by atoms with E-state index in [1.807, 2.05) is 6.08 Å². The molecule has 0 aliphatic heterocycles. The zero-order chi connectivity index (χ0) is 45.5. The first-order valence-electron chi connectivity index (χ1n) is 25.1. The first-order valence-corrected chi connectivity index (χ1v) is 26.6. The van der Waals surface area contributed by atoms with Crippen LogP contribution in [0.1, 0.15) is 226 Å². The van der Waals surface area contributed by atoms with E-state index in [4.69, 9.17) is 23.6 Å². The molecule has 0 rings (SSSR count). The number of phosphoric ester groups is 1. The molecule has 0 heterocycles. The fourth-order valence-corrected chi connectivity index (χ4v) is 7.66. The van der Waals surface area contributed by atoms with Crippen LogP contribution in [0.4, 0.5) is 0 Å². The van der Waals surface area contributed by atoms with Crippen molar-refractivity contribution in [1.29, 1.82) is 0 Å². The van der Waals surface area contributed by atoms with Gasteiger partial charge in [-0.15, -0.1) is 0 Å². The molecule has 0 aromatic carbocycles. The number of phosphoric acid groups is 1. The highest BCUT2D eigenvalue weighted by molar-refractivity contribution is 7.47. The summed E-state index contributed by atoms with van der Waals surface area (Å²) < 4.78 is 32.8. The van der Waals surface area contributed by atoms with Gasteiger partial charge in [-0.25, -0.2) is 4.57 Å². The van der Waals surface area contributed by atoms with Crippen molar-refractivity contribution in [2.24, 2.45) is 0 Å². The normalized spacial score (nSPS) is 14.1. The molecule has 11 heteroatoms. The Bertz CT molecular complexity index is 1170. The summed E-state index contributed by atoms with van der Waals surface area (Å²) in [6, 6.07) is 0. The Labute approximate surface area is 379 Å². The van der Waals surface area contributed by atoms with E-state index in [9.17, 15) is 24.2 Å². The summed E-state index contributed by atoms with van der Waals surface area (Å²) in [6.07, 6.45) is 52.3. The second kappa shape index (κ2) is 46.9. The minimum absolute atomic E-state index is 0.166. The van der Waals surface area contributed by atoms with Crippen LogP contribution in [0.15, 0.2) is 48.6 Å². The number of allylic oxidation sites excluding steroid dienone is 8. The molecular weight excluding hydrogens is 804 g/mol. The molecule has 0 aliphatic rings. The molecule has 10 nitrogen and oxygen atoms in total. The van der Waals surface area contributed by atoms with Gasteiger partial charge in [-0.05, 0) is 51.4 Å². The van der Waals surface area contributed by atoms with Gasteiger partial charge < -0.3 is 24.6 Å². The zero-order valence-electron chi connectivity index (χ0n) is 39.6. The number of aliphatic hydroxyl groups excluding tert-OH is 2. The van der Waals surface area contributed by atoms with Crippen LogP contribution in [-0.2, 0) is 32.7 Å². The van der Waals surface area contributed by atoms with Gasteiger partial charge >= 0.3 is 19.8 Å². The van der Waals surface area contributed by atoms with Crippen LogP contribution in [0.2, 0.25) is 0 Å². The van der Waals surface area contributed by atoms with Gasteiger partial charge in [0.05, 0.1) is 19.8 Å². The maximum atomic E-state index is 12.7. The number of ether oxygens (including phenoxy) is 2. The summed E-state index contributed by atoms with van der Waals surface area (Å²) in [7, 11) is -4.63. The highest BCUT2D eigenvalue weighted by atomic mass is 31.2. The molecule has 362 valence electrons. The van der Waals surface area contributed by atoms with Crippen LogP contribution in [0.3, 0.4) is 0 Å². The topological polar surface area (TPSA) is 149 Å². The third-order valence-corrected chi connectivity index (χ3v) is 11.7.